The van der Waals surface area contributed by atoms with Crippen molar-refractivity contribution in [2.24, 2.45) is 0 Å². The van der Waals surface area contributed by atoms with Crippen molar-refractivity contribution in [1.29, 1.82) is 0 Å². The van der Waals surface area contributed by atoms with Gasteiger partial charge in [0.1, 0.15) is 11.3 Å². The lowest BCUT2D eigenvalue weighted by Crippen LogP contribution is -2.31. The van der Waals surface area contributed by atoms with Crippen molar-refractivity contribution in [2.45, 2.75) is 12.4 Å². The normalized spacial score (nSPS) is 16.3. The molecule has 6 nitrogen and oxygen atoms in total. The lowest BCUT2D eigenvalue weighted by Gasteiger charge is -2.27. The van der Waals surface area contributed by atoms with Gasteiger partial charge in [-0.2, -0.15) is 0 Å². The van der Waals surface area contributed by atoms with Crippen LogP contribution in [-0.2, 0) is 4.79 Å². The molecule has 1 atom stereocenters. The molecule has 1 aliphatic rings. The van der Waals surface area contributed by atoms with Crippen LogP contribution < -0.4 is 9.64 Å². The maximum absolute atomic E-state index is 13.5. The van der Waals surface area contributed by atoms with Crippen LogP contribution in [0.25, 0.3) is 11.0 Å². The number of hydrogen-bond donors (Lipinski definition) is 1. The van der Waals surface area contributed by atoms with Crippen molar-refractivity contribution in [3.05, 3.63) is 108 Å². The fraction of sp³-hybridized carbons (Fsp3) is 0.0769. The molecular weight excluding hydrogens is 463 g/mol. The van der Waals surface area contributed by atoms with E-state index in [9.17, 15) is 27.9 Å². The number of carbonyl (C=O) groups excluding carboxylic acids is 2. The predicted molar refractivity (Wildman–Crippen MR) is 120 cm³/mol. The van der Waals surface area contributed by atoms with E-state index in [0.717, 1.165) is 17.0 Å². The monoisotopic (exact) mass is 479 g/mol. The van der Waals surface area contributed by atoms with Gasteiger partial charge in [-0.15, -0.1) is 13.2 Å². The molecule has 176 valence electrons. The Morgan fingerprint density at radius 2 is 1.60 bits per heavy atom. The molecule has 5 rings (SSSR count). The third-order valence-corrected chi connectivity index (χ3v) is 5.57. The van der Waals surface area contributed by atoms with Crippen molar-refractivity contribution in [3.63, 3.8) is 0 Å². The number of benzene rings is 3. The van der Waals surface area contributed by atoms with Gasteiger partial charge in [0.25, 0.3) is 5.91 Å². The molecule has 0 radical (unpaired) electrons. The first-order chi connectivity index (χ1) is 16.7. The summed E-state index contributed by atoms with van der Waals surface area (Å²) in [6.45, 7) is 0. The highest BCUT2D eigenvalue weighted by Gasteiger charge is 2.45. The molecule has 1 aromatic heterocycles. The van der Waals surface area contributed by atoms with Crippen LogP contribution in [0.5, 0.6) is 5.75 Å². The Morgan fingerprint density at radius 1 is 0.943 bits per heavy atom. The third kappa shape index (κ3) is 4.12. The van der Waals surface area contributed by atoms with E-state index in [-0.39, 0.29) is 17.0 Å². The first-order valence-electron chi connectivity index (χ1n) is 10.4. The molecule has 0 fully saturated rings. The minimum atomic E-state index is -4.87. The van der Waals surface area contributed by atoms with Gasteiger partial charge in [0.15, 0.2) is 11.5 Å². The fourth-order valence-corrected chi connectivity index (χ4v) is 4.09. The highest BCUT2D eigenvalue weighted by molar-refractivity contribution is 6.20. The van der Waals surface area contributed by atoms with Gasteiger partial charge in [-0.1, -0.05) is 48.5 Å². The van der Waals surface area contributed by atoms with Gasteiger partial charge in [0, 0.05) is 11.1 Å². The van der Waals surface area contributed by atoms with Crippen LogP contribution in [-0.4, -0.2) is 23.2 Å². The number of anilines is 1. The van der Waals surface area contributed by atoms with Crippen LogP contribution in [0.4, 0.5) is 18.9 Å². The number of Topliss-reactive ketones (excluding diaryl/α,β-unsaturated/α-hetero) is 1. The van der Waals surface area contributed by atoms with Crippen LogP contribution in [0, 0.1) is 0 Å². The van der Waals surface area contributed by atoms with Crippen molar-refractivity contribution in [1.82, 2.24) is 0 Å². The Bertz CT molecular complexity index is 1420. The Balaban J connectivity index is 1.58. The van der Waals surface area contributed by atoms with Crippen LogP contribution in [0.3, 0.4) is 0 Å². The molecule has 1 aliphatic heterocycles. The molecule has 1 unspecified atom stereocenters. The van der Waals surface area contributed by atoms with E-state index >= 15 is 0 Å². The molecular formula is C26H16F3NO5. The molecule has 1 N–H and O–H groups in total. The second kappa shape index (κ2) is 8.35. The number of ketones is 1. The topological polar surface area (TPSA) is 80.0 Å². The Hall–Kier alpha value is -4.53. The highest BCUT2D eigenvalue weighted by atomic mass is 19.4. The SMILES string of the molecule is O=C(C1=C(O)C(=O)N(c2ccc(OC(F)(F)F)cc2)C1c1ccccc1)c1cc2ccccc2o1. The number of carbonyl (C=O) groups is 2. The summed E-state index contributed by atoms with van der Waals surface area (Å²) in [5, 5.41) is 11.5. The smallest absolute Gasteiger partial charge is 0.503 e. The second-order valence-electron chi connectivity index (χ2n) is 7.77. The number of aliphatic hydroxyl groups excluding tert-OH is 1. The van der Waals surface area contributed by atoms with E-state index in [1.165, 1.54) is 18.2 Å². The average Bonchev–Trinajstić information content (AvgIpc) is 3.38. The van der Waals surface area contributed by atoms with Crippen LogP contribution in [0.2, 0.25) is 0 Å². The summed E-state index contributed by atoms with van der Waals surface area (Å²) in [6.07, 6.45) is -4.87. The summed E-state index contributed by atoms with van der Waals surface area (Å²) >= 11 is 0. The number of ether oxygens (including phenoxy) is 1. The molecule has 0 saturated carbocycles. The Morgan fingerprint density at radius 3 is 2.26 bits per heavy atom. The van der Waals surface area contributed by atoms with Gasteiger partial charge < -0.3 is 14.3 Å². The molecule has 0 aliphatic carbocycles. The van der Waals surface area contributed by atoms with Crippen molar-refractivity contribution in [2.75, 3.05) is 4.90 Å². The van der Waals surface area contributed by atoms with E-state index in [4.69, 9.17) is 4.42 Å². The lowest BCUT2D eigenvalue weighted by atomic mass is 9.95. The molecule has 3 aromatic carbocycles. The van der Waals surface area contributed by atoms with Crippen molar-refractivity contribution < 1.29 is 37.0 Å². The maximum atomic E-state index is 13.5. The van der Waals surface area contributed by atoms with Gasteiger partial charge in [0.2, 0.25) is 5.78 Å². The van der Waals surface area contributed by atoms with Crippen molar-refractivity contribution >= 4 is 28.3 Å². The number of hydrogen-bond acceptors (Lipinski definition) is 5. The number of amides is 1. The minimum Gasteiger partial charge on any atom is -0.503 e. The number of para-hydroxylation sites is 1. The number of rotatable bonds is 5. The lowest BCUT2D eigenvalue weighted by molar-refractivity contribution is -0.274. The fourth-order valence-electron chi connectivity index (χ4n) is 4.09. The van der Waals surface area contributed by atoms with Crippen LogP contribution in [0.1, 0.15) is 22.2 Å². The van der Waals surface area contributed by atoms with E-state index in [1.54, 1.807) is 54.6 Å². The Kier molecular flexibility index (Phi) is 5.32. The zero-order chi connectivity index (χ0) is 24.7. The Labute approximate surface area is 196 Å². The summed E-state index contributed by atoms with van der Waals surface area (Å²) in [6, 6.07) is 20.6. The van der Waals surface area contributed by atoms with Gasteiger partial charge in [0.05, 0.1) is 11.6 Å². The minimum absolute atomic E-state index is 0.0581. The largest absolute Gasteiger partial charge is 0.573 e. The maximum Gasteiger partial charge on any atom is 0.573 e. The number of aliphatic hydroxyl groups is 1. The number of alkyl halides is 3. The average molecular weight is 479 g/mol. The first kappa shape index (κ1) is 22.3. The van der Waals surface area contributed by atoms with Gasteiger partial charge in [-0.25, -0.2) is 0 Å². The van der Waals surface area contributed by atoms with E-state index in [1.807, 2.05) is 0 Å². The number of fused-ring (bicyclic) bond motifs is 1. The van der Waals surface area contributed by atoms with Crippen LogP contribution in [0.15, 0.2) is 101 Å². The third-order valence-electron chi connectivity index (χ3n) is 5.57. The standard InChI is InChI=1S/C26H16F3NO5/c27-26(28,29)35-18-12-10-17(11-13-18)30-22(15-6-2-1-3-7-15)21(24(32)25(30)33)23(31)20-14-16-8-4-5-9-19(16)34-20/h1-14,22,32H. The summed E-state index contributed by atoms with van der Waals surface area (Å²) in [5.41, 5.74) is 0.946. The van der Waals surface area contributed by atoms with E-state index in [2.05, 4.69) is 4.74 Å². The first-order valence-corrected chi connectivity index (χ1v) is 10.4. The molecule has 0 saturated heterocycles. The van der Waals surface area contributed by atoms with Crippen LogP contribution >= 0.6 is 0 Å². The molecule has 9 heteroatoms. The summed E-state index contributed by atoms with van der Waals surface area (Å²) in [7, 11) is 0. The zero-order valence-electron chi connectivity index (χ0n) is 17.8. The van der Waals surface area contributed by atoms with E-state index in [0.29, 0.717) is 16.5 Å². The quantitative estimate of drug-likeness (QED) is 0.349. The second-order valence-corrected chi connectivity index (χ2v) is 7.77. The molecule has 2 heterocycles. The van der Waals surface area contributed by atoms with Gasteiger partial charge >= 0.3 is 6.36 Å². The number of halogens is 3. The molecule has 1 amide bonds. The molecule has 0 spiro atoms. The summed E-state index contributed by atoms with van der Waals surface area (Å²) < 4.78 is 47.2. The highest BCUT2D eigenvalue weighted by Crippen LogP contribution is 2.42. The predicted octanol–water partition coefficient (Wildman–Crippen LogP) is 6.11. The molecule has 4 aromatic rings. The summed E-state index contributed by atoms with van der Waals surface area (Å²) in [4.78, 5) is 27.8. The number of furan rings is 1. The van der Waals surface area contributed by atoms with Gasteiger partial charge in [-0.3, -0.25) is 14.5 Å². The summed E-state index contributed by atoms with van der Waals surface area (Å²) in [5.74, 6) is -2.85. The zero-order valence-corrected chi connectivity index (χ0v) is 17.8. The number of nitrogens with zero attached hydrogens (tertiary/aromatic N) is 1. The molecule has 35 heavy (non-hydrogen) atoms. The van der Waals surface area contributed by atoms with Gasteiger partial charge in [-0.05, 0) is 42.0 Å². The van der Waals surface area contributed by atoms with Crippen molar-refractivity contribution in [3.8, 4) is 5.75 Å². The molecule has 0 bridgehead atoms. The van der Waals surface area contributed by atoms with E-state index < -0.39 is 35.6 Å².